The van der Waals surface area contributed by atoms with Crippen molar-refractivity contribution in [3.05, 3.63) is 91.0 Å². The number of nitrogens with one attached hydrogen (secondary N) is 2. The molecule has 4 N–H and O–H groups in total. The zero-order valence-corrected chi connectivity index (χ0v) is 17.6. The Morgan fingerprint density at radius 1 is 0.879 bits per heavy atom. The number of nitrogen functional groups attached to an aromatic ring is 1. The van der Waals surface area contributed by atoms with Crippen LogP contribution in [0, 0.1) is 0 Å². The molecule has 0 radical (unpaired) electrons. The number of aromatic nitrogens is 6. The fourth-order valence-corrected chi connectivity index (χ4v) is 3.86. The van der Waals surface area contributed by atoms with E-state index in [1.54, 1.807) is 6.33 Å². The molecule has 8 nitrogen and oxygen atoms in total. The zero-order chi connectivity index (χ0) is 22.2. The summed E-state index contributed by atoms with van der Waals surface area (Å²) < 4.78 is 1.96. The van der Waals surface area contributed by atoms with Gasteiger partial charge < -0.3 is 16.0 Å². The van der Waals surface area contributed by atoms with E-state index < -0.39 is 0 Å². The van der Waals surface area contributed by atoms with Crippen LogP contribution in [0.4, 0.5) is 11.5 Å². The molecule has 0 amide bonds. The second-order valence-electron chi connectivity index (χ2n) is 7.70. The Balaban J connectivity index is 1.45. The summed E-state index contributed by atoms with van der Waals surface area (Å²) in [5.74, 6) is 2.02. The first kappa shape index (κ1) is 19.0. The first-order chi connectivity index (χ1) is 16.2. The summed E-state index contributed by atoms with van der Waals surface area (Å²) in [6.45, 7) is 0.468. The van der Waals surface area contributed by atoms with Crippen molar-refractivity contribution in [2.75, 3.05) is 11.1 Å². The average molecular weight is 432 g/mol. The Kier molecular flexibility index (Phi) is 4.47. The highest BCUT2D eigenvalue weighted by molar-refractivity contribution is 5.86. The first-order valence-corrected chi connectivity index (χ1v) is 10.6. The number of rotatable bonds is 5. The lowest BCUT2D eigenvalue weighted by Crippen LogP contribution is -2.06. The predicted octanol–water partition coefficient (Wildman–Crippen LogP) is 4.55. The number of nitrogens with two attached hydrogens (primary N) is 1. The van der Waals surface area contributed by atoms with Crippen LogP contribution in [-0.2, 0) is 6.54 Å². The van der Waals surface area contributed by atoms with Crippen molar-refractivity contribution in [2.24, 2.45) is 0 Å². The molecule has 0 aliphatic heterocycles. The summed E-state index contributed by atoms with van der Waals surface area (Å²) in [4.78, 5) is 22.2. The molecule has 0 fully saturated rings. The standard InChI is InChI=1S/C25H20N8/c26-17-8-6-7-16(13-17)23-31-24(27-14-21-29-19-11-4-5-12-20(19)30-21)22-25(32-23)33(15-28-22)18-9-2-1-3-10-18/h1-13,15H,14,26H2,(H,29,30)(H,27,31,32). The van der Waals surface area contributed by atoms with E-state index in [0.717, 1.165) is 28.1 Å². The molecule has 0 aliphatic rings. The smallest absolute Gasteiger partial charge is 0.170 e. The van der Waals surface area contributed by atoms with Gasteiger partial charge in [-0.25, -0.2) is 19.9 Å². The van der Waals surface area contributed by atoms with Crippen molar-refractivity contribution >= 4 is 33.7 Å². The number of hydrogen-bond donors (Lipinski definition) is 3. The van der Waals surface area contributed by atoms with Crippen molar-refractivity contribution in [1.82, 2.24) is 29.5 Å². The van der Waals surface area contributed by atoms with Crippen LogP contribution in [0.3, 0.4) is 0 Å². The van der Waals surface area contributed by atoms with E-state index in [4.69, 9.17) is 15.7 Å². The Morgan fingerprint density at radius 3 is 2.58 bits per heavy atom. The second kappa shape index (κ2) is 7.76. The fourth-order valence-electron chi connectivity index (χ4n) is 3.86. The zero-order valence-electron chi connectivity index (χ0n) is 17.6. The van der Waals surface area contributed by atoms with Gasteiger partial charge in [0.2, 0.25) is 0 Å². The summed E-state index contributed by atoms with van der Waals surface area (Å²) in [6.07, 6.45) is 1.77. The summed E-state index contributed by atoms with van der Waals surface area (Å²) in [6, 6.07) is 25.5. The van der Waals surface area contributed by atoms with Gasteiger partial charge in [0, 0.05) is 16.9 Å². The molecule has 0 aliphatic carbocycles. The Hall–Kier alpha value is -4.72. The summed E-state index contributed by atoms with van der Waals surface area (Å²) in [7, 11) is 0. The maximum atomic E-state index is 6.02. The number of nitrogens with zero attached hydrogens (tertiary/aromatic N) is 5. The minimum atomic E-state index is 0.468. The number of aromatic amines is 1. The lowest BCUT2D eigenvalue weighted by Gasteiger charge is -2.09. The minimum Gasteiger partial charge on any atom is -0.399 e. The number of para-hydroxylation sites is 3. The largest absolute Gasteiger partial charge is 0.399 e. The molecule has 0 spiro atoms. The minimum absolute atomic E-state index is 0.468. The van der Waals surface area contributed by atoms with Gasteiger partial charge in [0.15, 0.2) is 22.8 Å². The molecule has 8 heteroatoms. The highest BCUT2D eigenvalue weighted by Crippen LogP contribution is 2.27. The van der Waals surface area contributed by atoms with E-state index >= 15 is 0 Å². The molecule has 0 unspecified atom stereocenters. The molecular weight excluding hydrogens is 412 g/mol. The van der Waals surface area contributed by atoms with Gasteiger partial charge in [-0.15, -0.1) is 0 Å². The topological polar surface area (TPSA) is 110 Å². The molecule has 0 atom stereocenters. The average Bonchev–Trinajstić information content (AvgIpc) is 3.47. The van der Waals surface area contributed by atoms with E-state index in [-0.39, 0.29) is 0 Å². The Labute approximate surface area is 189 Å². The van der Waals surface area contributed by atoms with Crippen LogP contribution in [0.1, 0.15) is 5.82 Å². The van der Waals surface area contributed by atoms with Crippen LogP contribution in [0.5, 0.6) is 0 Å². The number of benzene rings is 3. The van der Waals surface area contributed by atoms with Crippen molar-refractivity contribution in [3.63, 3.8) is 0 Å². The molecule has 3 heterocycles. The lowest BCUT2D eigenvalue weighted by molar-refractivity contribution is 0.996. The Bertz CT molecular complexity index is 1550. The van der Waals surface area contributed by atoms with Crippen LogP contribution in [0.15, 0.2) is 85.2 Å². The van der Waals surface area contributed by atoms with Crippen LogP contribution in [0.2, 0.25) is 0 Å². The summed E-state index contributed by atoms with van der Waals surface area (Å²) >= 11 is 0. The van der Waals surface area contributed by atoms with Crippen LogP contribution in [0.25, 0.3) is 39.3 Å². The SMILES string of the molecule is Nc1cccc(-c2nc(NCc3nc4ccccc4[nH]3)c3ncn(-c4ccccc4)c3n2)c1. The van der Waals surface area contributed by atoms with E-state index in [1.807, 2.05) is 83.4 Å². The van der Waals surface area contributed by atoms with Gasteiger partial charge in [-0.05, 0) is 36.4 Å². The van der Waals surface area contributed by atoms with Gasteiger partial charge in [0.1, 0.15) is 12.2 Å². The third kappa shape index (κ3) is 3.53. The molecule has 33 heavy (non-hydrogen) atoms. The number of fused-ring (bicyclic) bond motifs is 2. The quantitative estimate of drug-likeness (QED) is 0.345. The molecule has 3 aromatic heterocycles. The van der Waals surface area contributed by atoms with Crippen molar-refractivity contribution in [3.8, 4) is 17.1 Å². The molecule has 160 valence electrons. The summed E-state index contributed by atoms with van der Waals surface area (Å²) in [5, 5.41) is 3.40. The predicted molar refractivity (Wildman–Crippen MR) is 130 cm³/mol. The second-order valence-corrected chi connectivity index (χ2v) is 7.70. The number of anilines is 2. The highest BCUT2D eigenvalue weighted by atomic mass is 15.2. The van der Waals surface area contributed by atoms with Gasteiger partial charge in [-0.3, -0.25) is 4.57 Å². The van der Waals surface area contributed by atoms with E-state index in [9.17, 15) is 0 Å². The highest BCUT2D eigenvalue weighted by Gasteiger charge is 2.16. The number of imidazole rings is 2. The van der Waals surface area contributed by atoms with Gasteiger partial charge in [0.05, 0.1) is 17.6 Å². The first-order valence-electron chi connectivity index (χ1n) is 10.6. The van der Waals surface area contributed by atoms with Gasteiger partial charge >= 0.3 is 0 Å². The number of hydrogen-bond acceptors (Lipinski definition) is 6. The van der Waals surface area contributed by atoms with E-state index in [0.29, 0.717) is 35.0 Å². The molecule has 0 saturated heterocycles. The Morgan fingerprint density at radius 2 is 1.73 bits per heavy atom. The molecule has 0 bridgehead atoms. The molecule has 0 saturated carbocycles. The monoisotopic (exact) mass is 432 g/mol. The van der Waals surface area contributed by atoms with Crippen LogP contribution >= 0.6 is 0 Å². The molecule has 3 aromatic carbocycles. The van der Waals surface area contributed by atoms with Gasteiger partial charge in [-0.2, -0.15) is 0 Å². The van der Waals surface area contributed by atoms with Crippen molar-refractivity contribution in [2.45, 2.75) is 6.54 Å². The third-order valence-electron chi connectivity index (χ3n) is 5.44. The lowest BCUT2D eigenvalue weighted by atomic mass is 10.2. The van der Waals surface area contributed by atoms with Crippen molar-refractivity contribution in [1.29, 1.82) is 0 Å². The van der Waals surface area contributed by atoms with Crippen LogP contribution < -0.4 is 11.1 Å². The van der Waals surface area contributed by atoms with Gasteiger partial charge in [0.25, 0.3) is 0 Å². The molecular formula is C25H20N8. The van der Waals surface area contributed by atoms with Crippen molar-refractivity contribution < 1.29 is 0 Å². The normalized spacial score (nSPS) is 11.3. The van der Waals surface area contributed by atoms with Gasteiger partial charge in [-0.1, -0.05) is 42.5 Å². The maximum absolute atomic E-state index is 6.02. The molecule has 6 rings (SSSR count). The number of H-pyrrole nitrogens is 1. The fraction of sp³-hybridized carbons (Fsp3) is 0.0400. The maximum Gasteiger partial charge on any atom is 0.170 e. The summed E-state index contributed by atoms with van der Waals surface area (Å²) in [5.41, 5.74) is 11.8. The van der Waals surface area contributed by atoms with E-state index in [2.05, 4.69) is 20.3 Å². The van der Waals surface area contributed by atoms with Crippen LogP contribution in [-0.4, -0.2) is 29.5 Å². The molecule has 6 aromatic rings. The van der Waals surface area contributed by atoms with E-state index in [1.165, 1.54) is 0 Å². The third-order valence-corrected chi connectivity index (χ3v) is 5.44.